The first-order valence-electron chi connectivity index (χ1n) is 6.39. The summed E-state index contributed by atoms with van der Waals surface area (Å²) in [5.41, 5.74) is 8.10. The molecule has 1 saturated carbocycles. The second-order valence-electron chi connectivity index (χ2n) is 5.26. The van der Waals surface area contributed by atoms with Gasteiger partial charge in [0.05, 0.1) is 6.20 Å². The first-order chi connectivity index (χ1) is 7.66. The number of nitrogens with zero attached hydrogens (tertiary/aromatic N) is 2. The largest absolute Gasteiger partial charge is 0.327 e. The summed E-state index contributed by atoms with van der Waals surface area (Å²) >= 11 is 0. The second-order valence-corrected chi connectivity index (χ2v) is 5.26. The van der Waals surface area contributed by atoms with Gasteiger partial charge in [0, 0.05) is 19.3 Å². The van der Waals surface area contributed by atoms with E-state index in [1.54, 1.807) is 0 Å². The van der Waals surface area contributed by atoms with Crippen molar-refractivity contribution in [3.63, 3.8) is 0 Å². The monoisotopic (exact) mass is 221 g/mol. The average molecular weight is 221 g/mol. The van der Waals surface area contributed by atoms with Gasteiger partial charge in [-0.05, 0) is 36.7 Å². The molecule has 0 aromatic carbocycles. The number of aryl methyl sites for hydroxylation is 1. The highest BCUT2D eigenvalue weighted by Crippen LogP contribution is 2.43. The van der Waals surface area contributed by atoms with Gasteiger partial charge in [0.15, 0.2) is 0 Å². The molecular weight excluding hydrogens is 198 g/mol. The van der Waals surface area contributed by atoms with Crippen LogP contribution in [0.25, 0.3) is 0 Å². The molecule has 0 bridgehead atoms. The van der Waals surface area contributed by atoms with Gasteiger partial charge < -0.3 is 5.73 Å². The van der Waals surface area contributed by atoms with Gasteiger partial charge in [0.1, 0.15) is 0 Å². The van der Waals surface area contributed by atoms with Gasteiger partial charge in [-0.25, -0.2) is 0 Å². The highest BCUT2D eigenvalue weighted by Gasteiger charge is 2.37. The first-order valence-corrected chi connectivity index (χ1v) is 6.39. The molecule has 16 heavy (non-hydrogen) atoms. The zero-order chi connectivity index (χ0) is 11.6. The lowest BCUT2D eigenvalue weighted by molar-refractivity contribution is 0.219. The molecule has 3 nitrogen and oxygen atoms in total. The van der Waals surface area contributed by atoms with Crippen LogP contribution in [0.15, 0.2) is 12.4 Å². The van der Waals surface area contributed by atoms with Crippen LogP contribution in [0.1, 0.15) is 44.6 Å². The van der Waals surface area contributed by atoms with E-state index in [2.05, 4.69) is 18.2 Å². The summed E-state index contributed by atoms with van der Waals surface area (Å²) in [4.78, 5) is 0. The Labute approximate surface area is 98.0 Å². The normalized spacial score (nSPS) is 21.2. The van der Waals surface area contributed by atoms with Gasteiger partial charge in [0.2, 0.25) is 0 Å². The van der Waals surface area contributed by atoms with E-state index in [4.69, 9.17) is 5.73 Å². The molecule has 1 aliphatic carbocycles. The van der Waals surface area contributed by atoms with Crippen molar-refractivity contribution >= 4 is 0 Å². The van der Waals surface area contributed by atoms with E-state index >= 15 is 0 Å². The Morgan fingerprint density at radius 2 is 2.19 bits per heavy atom. The summed E-state index contributed by atoms with van der Waals surface area (Å²) in [6, 6.07) is 0.296. The maximum atomic E-state index is 6.43. The number of hydrogen-bond acceptors (Lipinski definition) is 2. The lowest BCUT2D eigenvalue weighted by Crippen LogP contribution is -2.41. The molecule has 1 aromatic rings. The van der Waals surface area contributed by atoms with Crippen molar-refractivity contribution in [2.75, 3.05) is 0 Å². The SMILES string of the molecule is CCC1(C(N)Cc2cnn(C)c2)CCCC1. The molecule has 3 heteroatoms. The molecule has 1 fully saturated rings. The average Bonchev–Trinajstić information content (AvgIpc) is 2.88. The van der Waals surface area contributed by atoms with Crippen LogP contribution in [0, 0.1) is 5.41 Å². The molecule has 1 aromatic heterocycles. The predicted molar refractivity (Wildman–Crippen MR) is 66.1 cm³/mol. The van der Waals surface area contributed by atoms with Crippen LogP contribution in [0.4, 0.5) is 0 Å². The van der Waals surface area contributed by atoms with Crippen molar-refractivity contribution in [1.82, 2.24) is 9.78 Å². The van der Waals surface area contributed by atoms with Crippen LogP contribution in [-0.2, 0) is 13.5 Å². The zero-order valence-electron chi connectivity index (χ0n) is 10.4. The molecule has 1 heterocycles. The molecule has 0 aliphatic heterocycles. The van der Waals surface area contributed by atoms with Crippen LogP contribution < -0.4 is 5.73 Å². The smallest absolute Gasteiger partial charge is 0.0522 e. The van der Waals surface area contributed by atoms with Crippen molar-refractivity contribution in [3.8, 4) is 0 Å². The molecule has 2 N–H and O–H groups in total. The Hall–Kier alpha value is -0.830. The third-order valence-corrected chi connectivity index (χ3v) is 4.30. The Balaban J connectivity index is 2.03. The highest BCUT2D eigenvalue weighted by atomic mass is 15.2. The van der Waals surface area contributed by atoms with Crippen LogP contribution in [0.2, 0.25) is 0 Å². The quantitative estimate of drug-likeness (QED) is 0.847. The fourth-order valence-electron chi connectivity index (χ4n) is 3.11. The fraction of sp³-hybridized carbons (Fsp3) is 0.769. The minimum Gasteiger partial charge on any atom is -0.327 e. The first kappa shape index (κ1) is 11.6. The maximum absolute atomic E-state index is 6.43. The molecule has 1 unspecified atom stereocenters. The zero-order valence-corrected chi connectivity index (χ0v) is 10.4. The summed E-state index contributed by atoms with van der Waals surface area (Å²) in [5, 5.41) is 4.21. The van der Waals surface area contributed by atoms with Crippen molar-refractivity contribution in [1.29, 1.82) is 0 Å². The summed E-state index contributed by atoms with van der Waals surface area (Å²) < 4.78 is 1.86. The molecule has 1 aliphatic rings. The molecule has 0 saturated heterocycles. The molecular formula is C13H23N3. The highest BCUT2D eigenvalue weighted by molar-refractivity contribution is 5.08. The minimum absolute atomic E-state index is 0.296. The number of nitrogens with two attached hydrogens (primary N) is 1. The third-order valence-electron chi connectivity index (χ3n) is 4.30. The van der Waals surface area contributed by atoms with E-state index < -0.39 is 0 Å². The van der Waals surface area contributed by atoms with Crippen LogP contribution in [0.5, 0.6) is 0 Å². The lowest BCUT2D eigenvalue weighted by atomic mass is 9.75. The number of hydrogen-bond donors (Lipinski definition) is 1. The summed E-state index contributed by atoms with van der Waals surface area (Å²) in [6.45, 7) is 2.29. The topological polar surface area (TPSA) is 43.8 Å². The third kappa shape index (κ3) is 2.14. The Morgan fingerprint density at radius 3 is 2.69 bits per heavy atom. The van der Waals surface area contributed by atoms with Crippen molar-refractivity contribution < 1.29 is 0 Å². The van der Waals surface area contributed by atoms with Gasteiger partial charge >= 0.3 is 0 Å². The standard InChI is InChI=1S/C13H23N3/c1-3-13(6-4-5-7-13)12(14)8-11-9-15-16(2)10-11/h9-10,12H,3-8,14H2,1-2H3. The van der Waals surface area contributed by atoms with E-state index in [9.17, 15) is 0 Å². The minimum atomic E-state index is 0.296. The second kappa shape index (κ2) is 4.58. The Bertz CT molecular complexity index is 337. The van der Waals surface area contributed by atoms with Gasteiger partial charge in [-0.15, -0.1) is 0 Å². The Kier molecular flexibility index (Phi) is 3.33. The van der Waals surface area contributed by atoms with E-state index in [0.29, 0.717) is 11.5 Å². The van der Waals surface area contributed by atoms with Gasteiger partial charge in [-0.3, -0.25) is 4.68 Å². The van der Waals surface area contributed by atoms with E-state index in [1.807, 2.05) is 17.9 Å². The summed E-state index contributed by atoms with van der Waals surface area (Å²) in [7, 11) is 1.96. The lowest BCUT2D eigenvalue weighted by Gasteiger charge is -2.34. The molecule has 0 amide bonds. The summed E-state index contributed by atoms with van der Waals surface area (Å²) in [6.07, 6.45) is 11.5. The van der Waals surface area contributed by atoms with Crippen LogP contribution >= 0.6 is 0 Å². The van der Waals surface area contributed by atoms with Crippen LogP contribution in [-0.4, -0.2) is 15.8 Å². The van der Waals surface area contributed by atoms with Crippen molar-refractivity contribution in [3.05, 3.63) is 18.0 Å². The predicted octanol–water partition coefficient (Wildman–Crippen LogP) is 2.26. The maximum Gasteiger partial charge on any atom is 0.0522 e. The van der Waals surface area contributed by atoms with Gasteiger partial charge in [-0.2, -0.15) is 5.10 Å². The number of aromatic nitrogens is 2. The molecule has 0 spiro atoms. The molecule has 90 valence electrons. The molecule has 2 rings (SSSR count). The van der Waals surface area contributed by atoms with E-state index in [-0.39, 0.29) is 0 Å². The van der Waals surface area contributed by atoms with E-state index in [0.717, 1.165) is 6.42 Å². The van der Waals surface area contributed by atoms with E-state index in [1.165, 1.54) is 37.7 Å². The fourth-order valence-corrected chi connectivity index (χ4v) is 3.11. The number of rotatable bonds is 4. The van der Waals surface area contributed by atoms with Gasteiger partial charge in [0.25, 0.3) is 0 Å². The van der Waals surface area contributed by atoms with Crippen molar-refractivity contribution in [2.45, 2.75) is 51.5 Å². The Morgan fingerprint density at radius 1 is 1.50 bits per heavy atom. The summed E-state index contributed by atoms with van der Waals surface area (Å²) in [5.74, 6) is 0. The molecule has 0 radical (unpaired) electrons. The molecule has 1 atom stereocenters. The van der Waals surface area contributed by atoms with Crippen LogP contribution in [0.3, 0.4) is 0 Å². The van der Waals surface area contributed by atoms with Gasteiger partial charge in [-0.1, -0.05) is 19.8 Å². The van der Waals surface area contributed by atoms with Crippen molar-refractivity contribution in [2.24, 2.45) is 18.2 Å².